The summed E-state index contributed by atoms with van der Waals surface area (Å²) in [4.78, 5) is 4.46. The molecule has 4 nitrogen and oxygen atoms in total. The quantitative estimate of drug-likeness (QED) is 0.711. The van der Waals surface area contributed by atoms with Gasteiger partial charge in [-0.05, 0) is 25.7 Å². The fraction of sp³-hybridized carbons (Fsp3) is 0.818. The molecule has 1 aromatic rings. The van der Waals surface area contributed by atoms with Gasteiger partial charge in [0.15, 0.2) is 0 Å². The summed E-state index contributed by atoms with van der Waals surface area (Å²) in [7, 11) is 0. The first-order chi connectivity index (χ1) is 7.90. The van der Waals surface area contributed by atoms with Gasteiger partial charge in [0.1, 0.15) is 5.82 Å². The Hall–Kier alpha value is -0.680. The van der Waals surface area contributed by atoms with Crippen molar-refractivity contribution in [3.63, 3.8) is 0 Å². The first kappa shape index (κ1) is 11.8. The summed E-state index contributed by atoms with van der Waals surface area (Å²) in [5.74, 6) is 1.69. The van der Waals surface area contributed by atoms with Crippen LogP contribution in [0.3, 0.4) is 0 Å². The third kappa shape index (κ3) is 3.72. The van der Waals surface area contributed by atoms with Crippen LogP contribution in [0.2, 0.25) is 0 Å². The molecule has 0 amide bonds. The lowest BCUT2D eigenvalue weighted by Crippen LogP contribution is -2.05. The number of ether oxygens (including phenoxy) is 1. The lowest BCUT2D eigenvalue weighted by atomic mass is 10.4. The van der Waals surface area contributed by atoms with Gasteiger partial charge in [-0.2, -0.15) is 4.37 Å². The van der Waals surface area contributed by atoms with Crippen LogP contribution in [0.15, 0.2) is 0 Å². The van der Waals surface area contributed by atoms with Crippen LogP contribution in [0.5, 0.6) is 0 Å². The van der Waals surface area contributed by atoms with Crippen LogP contribution in [-0.2, 0) is 4.74 Å². The number of nitrogens with one attached hydrogen (secondary N) is 1. The number of nitrogens with zero attached hydrogens (tertiary/aromatic N) is 2. The monoisotopic (exact) mass is 241 g/mol. The summed E-state index contributed by atoms with van der Waals surface area (Å²) in [6.07, 6.45) is 4.65. The van der Waals surface area contributed by atoms with Gasteiger partial charge >= 0.3 is 0 Å². The number of anilines is 1. The normalized spacial score (nSPS) is 15.3. The molecular weight excluding hydrogens is 222 g/mol. The molecule has 5 heteroatoms. The number of hydrogen-bond donors (Lipinski definition) is 1. The SMILES string of the molecule is CCCOCCCNc1nc(C2CC2)ns1. The average molecular weight is 241 g/mol. The smallest absolute Gasteiger partial charge is 0.202 e. The molecule has 1 N–H and O–H groups in total. The summed E-state index contributed by atoms with van der Waals surface area (Å²) in [6.45, 7) is 4.74. The maximum absolute atomic E-state index is 5.40. The van der Waals surface area contributed by atoms with Crippen molar-refractivity contribution < 1.29 is 4.74 Å². The zero-order valence-electron chi connectivity index (χ0n) is 9.74. The molecule has 0 atom stereocenters. The highest BCUT2D eigenvalue weighted by atomic mass is 32.1. The predicted molar refractivity (Wildman–Crippen MR) is 66.1 cm³/mol. The number of rotatable bonds is 8. The molecule has 1 aliphatic rings. The van der Waals surface area contributed by atoms with E-state index in [1.165, 1.54) is 24.4 Å². The van der Waals surface area contributed by atoms with E-state index in [1.807, 2.05) is 0 Å². The summed E-state index contributed by atoms with van der Waals surface area (Å²) in [6, 6.07) is 0. The Kier molecular flexibility index (Phi) is 4.54. The Morgan fingerprint density at radius 3 is 3.06 bits per heavy atom. The minimum Gasteiger partial charge on any atom is -0.381 e. The van der Waals surface area contributed by atoms with Crippen molar-refractivity contribution in [3.05, 3.63) is 5.82 Å². The van der Waals surface area contributed by atoms with Gasteiger partial charge in [0.05, 0.1) is 0 Å². The summed E-state index contributed by atoms with van der Waals surface area (Å²) in [5.41, 5.74) is 0. The van der Waals surface area contributed by atoms with Gasteiger partial charge < -0.3 is 10.1 Å². The predicted octanol–water partition coefficient (Wildman–Crippen LogP) is 2.64. The minimum atomic E-state index is 0.652. The van der Waals surface area contributed by atoms with Crippen LogP contribution in [-0.4, -0.2) is 29.1 Å². The molecular formula is C11H19N3OS. The molecule has 1 saturated carbocycles. The van der Waals surface area contributed by atoms with Gasteiger partial charge in [-0.3, -0.25) is 0 Å². The Balaban J connectivity index is 1.57. The molecule has 0 aromatic carbocycles. The molecule has 0 aliphatic heterocycles. The lowest BCUT2D eigenvalue weighted by Gasteiger charge is -2.02. The van der Waals surface area contributed by atoms with Crippen molar-refractivity contribution in [1.29, 1.82) is 0 Å². The molecule has 2 rings (SSSR count). The van der Waals surface area contributed by atoms with E-state index in [0.717, 1.165) is 43.6 Å². The van der Waals surface area contributed by atoms with Crippen LogP contribution in [0, 0.1) is 0 Å². The molecule has 1 fully saturated rings. The molecule has 0 radical (unpaired) electrons. The molecule has 1 aromatic heterocycles. The summed E-state index contributed by atoms with van der Waals surface area (Å²) < 4.78 is 9.74. The van der Waals surface area contributed by atoms with Crippen LogP contribution >= 0.6 is 11.5 Å². The van der Waals surface area contributed by atoms with E-state index in [-0.39, 0.29) is 0 Å². The maximum atomic E-state index is 5.40. The van der Waals surface area contributed by atoms with Crippen molar-refractivity contribution in [3.8, 4) is 0 Å². The van der Waals surface area contributed by atoms with Crippen LogP contribution in [0.25, 0.3) is 0 Å². The fourth-order valence-corrected chi connectivity index (χ4v) is 2.10. The van der Waals surface area contributed by atoms with Crippen molar-refractivity contribution in [2.75, 3.05) is 25.1 Å². The molecule has 0 spiro atoms. The Labute approximate surface area is 101 Å². The third-order valence-electron chi connectivity index (χ3n) is 2.47. The average Bonchev–Trinajstić information content (AvgIpc) is 3.04. The molecule has 16 heavy (non-hydrogen) atoms. The van der Waals surface area contributed by atoms with E-state index >= 15 is 0 Å². The van der Waals surface area contributed by atoms with E-state index in [2.05, 4.69) is 21.6 Å². The van der Waals surface area contributed by atoms with E-state index in [0.29, 0.717) is 5.92 Å². The van der Waals surface area contributed by atoms with Gasteiger partial charge in [-0.25, -0.2) is 4.98 Å². The highest BCUT2D eigenvalue weighted by Crippen LogP contribution is 2.39. The molecule has 0 saturated heterocycles. The van der Waals surface area contributed by atoms with Gasteiger partial charge in [0, 0.05) is 37.2 Å². The molecule has 0 unspecified atom stereocenters. The molecule has 1 heterocycles. The zero-order valence-corrected chi connectivity index (χ0v) is 10.6. The second-order valence-corrected chi connectivity index (χ2v) is 4.88. The molecule has 1 aliphatic carbocycles. The molecule has 0 bridgehead atoms. The van der Waals surface area contributed by atoms with E-state index < -0.39 is 0 Å². The maximum Gasteiger partial charge on any atom is 0.202 e. The van der Waals surface area contributed by atoms with E-state index in [9.17, 15) is 0 Å². The number of hydrogen-bond acceptors (Lipinski definition) is 5. The minimum absolute atomic E-state index is 0.652. The Morgan fingerprint density at radius 1 is 1.44 bits per heavy atom. The summed E-state index contributed by atoms with van der Waals surface area (Å²) in [5, 5.41) is 4.25. The highest BCUT2D eigenvalue weighted by molar-refractivity contribution is 7.09. The topological polar surface area (TPSA) is 47.0 Å². The standard InChI is InChI=1S/C11H19N3OS/c1-2-7-15-8-3-6-12-11-13-10(14-16-11)9-4-5-9/h9H,2-8H2,1H3,(H,12,13,14). The molecule has 90 valence electrons. The van der Waals surface area contributed by atoms with Crippen LogP contribution in [0.1, 0.15) is 44.3 Å². The largest absolute Gasteiger partial charge is 0.381 e. The van der Waals surface area contributed by atoms with Gasteiger partial charge in [-0.1, -0.05) is 6.92 Å². The second kappa shape index (κ2) is 6.15. The van der Waals surface area contributed by atoms with Crippen LogP contribution in [0.4, 0.5) is 5.13 Å². The van der Waals surface area contributed by atoms with Crippen molar-refractivity contribution >= 4 is 16.7 Å². The first-order valence-corrected chi connectivity index (χ1v) is 6.82. The number of aromatic nitrogens is 2. The van der Waals surface area contributed by atoms with Gasteiger partial charge in [-0.15, -0.1) is 0 Å². The van der Waals surface area contributed by atoms with Crippen molar-refractivity contribution in [2.24, 2.45) is 0 Å². The zero-order chi connectivity index (χ0) is 11.2. The van der Waals surface area contributed by atoms with Gasteiger partial charge in [0.2, 0.25) is 5.13 Å². The van der Waals surface area contributed by atoms with Crippen molar-refractivity contribution in [1.82, 2.24) is 9.36 Å². The second-order valence-electron chi connectivity index (χ2n) is 4.12. The Morgan fingerprint density at radius 2 is 2.31 bits per heavy atom. The van der Waals surface area contributed by atoms with Crippen molar-refractivity contribution in [2.45, 2.75) is 38.5 Å². The summed E-state index contributed by atoms with van der Waals surface area (Å²) >= 11 is 1.47. The Bertz CT molecular complexity index is 312. The first-order valence-electron chi connectivity index (χ1n) is 6.05. The fourth-order valence-electron chi connectivity index (χ4n) is 1.43. The van der Waals surface area contributed by atoms with Crippen LogP contribution < -0.4 is 5.32 Å². The highest BCUT2D eigenvalue weighted by Gasteiger charge is 2.27. The van der Waals surface area contributed by atoms with Gasteiger partial charge in [0.25, 0.3) is 0 Å². The van der Waals surface area contributed by atoms with E-state index in [4.69, 9.17) is 4.74 Å². The lowest BCUT2D eigenvalue weighted by molar-refractivity contribution is 0.134. The van der Waals surface area contributed by atoms with E-state index in [1.54, 1.807) is 0 Å². The third-order valence-corrected chi connectivity index (χ3v) is 3.16.